The molecule has 1 rings (SSSR count). The first-order valence-corrected chi connectivity index (χ1v) is 4.79. The Balaban J connectivity index is 2.63. The van der Waals surface area contributed by atoms with Crippen molar-refractivity contribution in [3.05, 3.63) is 35.6 Å². The molecule has 0 aliphatic heterocycles. The Labute approximate surface area is 87.9 Å². The summed E-state index contributed by atoms with van der Waals surface area (Å²) in [5.74, 6) is -0.467. The molecule has 0 saturated carbocycles. The van der Waals surface area contributed by atoms with Crippen LogP contribution in [0.4, 0.5) is 4.39 Å². The van der Waals surface area contributed by atoms with Crippen molar-refractivity contribution < 1.29 is 14.3 Å². The van der Waals surface area contributed by atoms with Gasteiger partial charge in [-0.1, -0.05) is 0 Å². The van der Waals surface area contributed by atoms with Gasteiger partial charge in [0, 0.05) is 12.1 Å². The van der Waals surface area contributed by atoms with E-state index >= 15 is 0 Å². The molecule has 2 N–H and O–H groups in total. The van der Waals surface area contributed by atoms with E-state index in [4.69, 9.17) is 5.11 Å². The Kier molecular flexibility index (Phi) is 4.39. The van der Waals surface area contributed by atoms with Crippen molar-refractivity contribution in [3.8, 4) is 0 Å². The highest BCUT2D eigenvalue weighted by atomic mass is 19.1. The molecule has 0 fully saturated rings. The van der Waals surface area contributed by atoms with Gasteiger partial charge in [-0.25, -0.2) is 4.39 Å². The number of hydrogen-bond donors (Lipinski definition) is 2. The van der Waals surface area contributed by atoms with Gasteiger partial charge >= 0.3 is 0 Å². The Morgan fingerprint density at radius 1 is 1.47 bits per heavy atom. The third kappa shape index (κ3) is 3.42. The number of rotatable bonds is 5. The largest absolute Gasteiger partial charge is 0.395 e. The average molecular weight is 211 g/mol. The zero-order valence-electron chi connectivity index (χ0n) is 8.53. The molecule has 4 heteroatoms. The van der Waals surface area contributed by atoms with Crippen LogP contribution in [0.15, 0.2) is 24.3 Å². The lowest BCUT2D eigenvalue weighted by molar-refractivity contribution is 0.0948. The van der Waals surface area contributed by atoms with E-state index in [9.17, 15) is 9.18 Å². The smallest absolute Gasteiger partial charge is 0.179 e. The number of ketones is 1. The van der Waals surface area contributed by atoms with Crippen LogP contribution >= 0.6 is 0 Å². The van der Waals surface area contributed by atoms with Crippen LogP contribution in [0.25, 0.3) is 0 Å². The maximum absolute atomic E-state index is 12.6. The highest BCUT2D eigenvalue weighted by Crippen LogP contribution is 2.05. The van der Waals surface area contributed by atoms with Gasteiger partial charge in [0.05, 0.1) is 12.6 Å². The highest BCUT2D eigenvalue weighted by molar-refractivity contribution is 5.99. The SMILES string of the molecule is CC(NCCO)C(=O)c1ccc(F)cc1. The van der Waals surface area contributed by atoms with Crippen molar-refractivity contribution in [2.75, 3.05) is 13.2 Å². The fraction of sp³-hybridized carbons (Fsp3) is 0.364. The van der Waals surface area contributed by atoms with Crippen molar-refractivity contribution in [1.29, 1.82) is 0 Å². The van der Waals surface area contributed by atoms with Crippen LogP contribution < -0.4 is 5.32 Å². The highest BCUT2D eigenvalue weighted by Gasteiger charge is 2.13. The third-order valence-corrected chi connectivity index (χ3v) is 2.08. The van der Waals surface area contributed by atoms with Gasteiger partial charge in [0.2, 0.25) is 0 Å². The van der Waals surface area contributed by atoms with E-state index in [1.807, 2.05) is 0 Å². The lowest BCUT2D eigenvalue weighted by atomic mass is 10.1. The van der Waals surface area contributed by atoms with Crippen LogP contribution in [-0.4, -0.2) is 30.1 Å². The van der Waals surface area contributed by atoms with Crippen molar-refractivity contribution in [2.45, 2.75) is 13.0 Å². The summed E-state index contributed by atoms with van der Waals surface area (Å²) < 4.78 is 12.6. The lowest BCUT2D eigenvalue weighted by Gasteiger charge is -2.11. The summed E-state index contributed by atoms with van der Waals surface area (Å²) in [4.78, 5) is 11.7. The summed E-state index contributed by atoms with van der Waals surface area (Å²) in [6.07, 6.45) is 0. The number of carbonyl (C=O) groups is 1. The predicted octanol–water partition coefficient (Wildman–Crippen LogP) is 0.979. The molecule has 15 heavy (non-hydrogen) atoms. The maximum Gasteiger partial charge on any atom is 0.179 e. The molecule has 1 unspecified atom stereocenters. The van der Waals surface area contributed by atoms with Gasteiger partial charge in [0.1, 0.15) is 5.82 Å². The molecule has 0 aromatic heterocycles. The van der Waals surface area contributed by atoms with Crippen LogP contribution in [-0.2, 0) is 0 Å². The first-order chi connectivity index (χ1) is 7.15. The molecule has 0 bridgehead atoms. The Morgan fingerprint density at radius 2 is 2.07 bits per heavy atom. The zero-order chi connectivity index (χ0) is 11.3. The molecular weight excluding hydrogens is 197 g/mol. The number of halogens is 1. The topological polar surface area (TPSA) is 49.3 Å². The van der Waals surface area contributed by atoms with Gasteiger partial charge in [-0.3, -0.25) is 4.79 Å². The van der Waals surface area contributed by atoms with Gasteiger partial charge in [0.25, 0.3) is 0 Å². The molecule has 82 valence electrons. The second-order valence-corrected chi connectivity index (χ2v) is 3.27. The summed E-state index contributed by atoms with van der Waals surface area (Å²) in [6.45, 7) is 2.07. The van der Waals surface area contributed by atoms with Gasteiger partial charge in [0.15, 0.2) is 5.78 Å². The summed E-state index contributed by atoms with van der Waals surface area (Å²) in [7, 11) is 0. The molecule has 0 aliphatic rings. The minimum atomic E-state index is -0.373. The third-order valence-electron chi connectivity index (χ3n) is 2.08. The molecule has 0 radical (unpaired) electrons. The van der Waals surface area contributed by atoms with E-state index in [0.717, 1.165) is 0 Å². The van der Waals surface area contributed by atoms with Crippen LogP contribution in [0, 0.1) is 5.82 Å². The van der Waals surface area contributed by atoms with Gasteiger partial charge < -0.3 is 10.4 Å². The van der Waals surface area contributed by atoms with Gasteiger partial charge in [-0.05, 0) is 31.2 Å². The van der Waals surface area contributed by atoms with E-state index in [2.05, 4.69) is 5.32 Å². The van der Waals surface area contributed by atoms with E-state index in [1.165, 1.54) is 24.3 Å². The van der Waals surface area contributed by atoms with Crippen LogP contribution in [0.1, 0.15) is 17.3 Å². The Hall–Kier alpha value is -1.26. The van der Waals surface area contributed by atoms with Crippen molar-refractivity contribution in [3.63, 3.8) is 0 Å². The number of aliphatic hydroxyl groups excluding tert-OH is 1. The number of hydrogen-bond acceptors (Lipinski definition) is 3. The fourth-order valence-corrected chi connectivity index (χ4v) is 1.24. The number of benzene rings is 1. The number of aliphatic hydroxyl groups is 1. The molecule has 0 saturated heterocycles. The number of nitrogens with one attached hydrogen (secondary N) is 1. The van der Waals surface area contributed by atoms with E-state index in [1.54, 1.807) is 6.92 Å². The van der Waals surface area contributed by atoms with Crippen molar-refractivity contribution >= 4 is 5.78 Å². The second kappa shape index (κ2) is 5.58. The first kappa shape index (κ1) is 11.8. The molecular formula is C11H14FNO2. The summed E-state index contributed by atoms with van der Waals surface area (Å²) in [5, 5.41) is 11.4. The standard InChI is InChI=1S/C11H14FNO2/c1-8(13-6-7-14)11(15)9-2-4-10(12)5-3-9/h2-5,8,13-14H,6-7H2,1H3. The van der Waals surface area contributed by atoms with Crippen molar-refractivity contribution in [1.82, 2.24) is 5.32 Å². The predicted molar refractivity (Wildman–Crippen MR) is 55.3 cm³/mol. The first-order valence-electron chi connectivity index (χ1n) is 4.79. The normalized spacial score (nSPS) is 12.5. The number of carbonyl (C=O) groups excluding carboxylic acids is 1. The van der Waals surface area contributed by atoms with Gasteiger partial charge in [-0.2, -0.15) is 0 Å². The monoisotopic (exact) mass is 211 g/mol. The molecule has 0 amide bonds. The minimum absolute atomic E-state index is 0.0129. The summed E-state index contributed by atoms with van der Waals surface area (Å²) in [6, 6.07) is 5.05. The molecule has 0 aliphatic carbocycles. The fourth-order valence-electron chi connectivity index (χ4n) is 1.24. The lowest BCUT2D eigenvalue weighted by Crippen LogP contribution is -2.35. The molecule has 1 aromatic carbocycles. The molecule has 0 heterocycles. The minimum Gasteiger partial charge on any atom is -0.395 e. The molecule has 1 atom stereocenters. The van der Waals surface area contributed by atoms with Crippen LogP contribution in [0.2, 0.25) is 0 Å². The summed E-state index contributed by atoms with van der Waals surface area (Å²) in [5.41, 5.74) is 0.467. The average Bonchev–Trinajstić information content (AvgIpc) is 2.26. The number of Topliss-reactive ketones (excluding diaryl/α,β-unsaturated/α-hetero) is 1. The van der Waals surface area contributed by atoms with Gasteiger partial charge in [-0.15, -0.1) is 0 Å². The van der Waals surface area contributed by atoms with E-state index in [0.29, 0.717) is 12.1 Å². The zero-order valence-corrected chi connectivity index (χ0v) is 8.53. The quantitative estimate of drug-likeness (QED) is 0.714. The van der Waals surface area contributed by atoms with E-state index < -0.39 is 0 Å². The Bertz CT molecular complexity index is 324. The molecule has 3 nitrogen and oxygen atoms in total. The van der Waals surface area contributed by atoms with E-state index in [-0.39, 0.29) is 24.2 Å². The molecule has 0 spiro atoms. The second-order valence-electron chi connectivity index (χ2n) is 3.27. The maximum atomic E-state index is 12.6. The van der Waals surface area contributed by atoms with Crippen LogP contribution in [0.5, 0.6) is 0 Å². The summed E-state index contributed by atoms with van der Waals surface area (Å²) >= 11 is 0. The van der Waals surface area contributed by atoms with Crippen molar-refractivity contribution in [2.24, 2.45) is 0 Å². The molecule has 1 aromatic rings. The Morgan fingerprint density at radius 3 is 2.60 bits per heavy atom. The van der Waals surface area contributed by atoms with Crippen LogP contribution in [0.3, 0.4) is 0 Å².